The molecular weight excluding hydrogens is 448 g/mol. The fourth-order valence-corrected chi connectivity index (χ4v) is 4.17. The summed E-state index contributed by atoms with van der Waals surface area (Å²) in [5.41, 5.74) is 4.41. The highest BCUT2D eigenvalue weighted by molar-refractivity contribution is 5.79. The van der Waals surface area contributed by atoms with Gasteiger partial charge in [-0.15, -0.1) is 0 Å². The van der Waals surface area contributed by atoms with Crippen molar-refractivity contribution in [3.63, 3.8) is 0 Å². The molecule has 36 heavy (non-hydrogen) atoms. The van der Waals surface area contributed by atoms with Crippen molar-refractivity contribution in [2.45, 2.75) is 6.42 Å². The van der Waals surface area contributed by atoms with E-state index in [-0.39, 0.29) is 0 Å². The number of aliphatic hydroxyl groups is 1. The van der Waals surface area contributed by atoms with Crippen LogP contribution in [0.5, 0.6) is 0 Å². The average Bonchev–Trinajstić information content (AvgIpc) is 2.94. The van der Waals surface area contributed by atoms with Crippen LogP contribution >= 0.6 is 0 Å². The summed E-state index contributed by atoms with van der Waals surface area (Å²) >= 11 is 0. The molecule has 1 saturated heterocycles. The summed E-state index contributed by atoms with van der Waals surface area (Å²) in [7, 11) is 0. The van der Waals surface area contributed by atoms with Gasteiger partial charge < -0.3 is 14.7 Å². The first-order valence-corrected chi connectivity index (χ1v) is 12.1. The molecule has 1 aliphatic heterocycles. The van der Waals surface area contributed by atoms with Gasteiger partial charge in [-0.1, -0.05) is 91.0 Å². The molecule has 0 aliphatic carbocycles. The first-order chi connectivity index (χ1) is 17.8. The fourth-order valence-electron chi connectivity index (χ4n) is 4.17. The zero-order valence-electron chi connectivity index (χ0n) is 20.0. The summed E-state index contributed by atoms with van der Waals surface area (Å²) < 4.78 is 5.54. The second-order valence-corrected chi connectivity index (χ2v) is 8.53. The normalized spacial score (nSPS) is 14.6. The van der Waals surface area contributed by atoms with E-state index < -0.39 is 0 Å². The third kappa shape index (κ3) is 5.67. The number of rotatable bonds is 7. The zero-order valence-corrected chi connectivity index (χ0v) is 20.0. The maximum Gasteiger partial charge on any atom is 0.167 e. The summed E-state index contributed by atoms with van der Waals surface area (Å²) in [6.45, 7) is 2.98. The van der Waals surface area contributed by atoms with Gasteiger partial charge >= 0.3 is 0 Å². The minimum Gasteiger partial charge on any atom is -0.515 e. The smallest absolute Gasteiger partial charge is 0.167 e. The van der Waals surface area contributed by atoms with Crippen molar-refractivity contribution >= 4 is 11.1 Å². The highest BCUT2D eigenvalue weighted by Crippen LogP contribution is 2.26. The maximum absolute atomic E-state index is 10.2. The lowest BCUT2D eigenvalue weighted by molar-refractivity contribution is 0.0596. The minimum atomic E-state index is 0.434. The molecule has 0 unspecified atom stereocenters. The van der Waals surface area contributed by atoms with Gasteiger partial charge in [0.05, 0.1) is 25.0 Å². The lowest BCUT2D eigenvalue weighted by atomic mass is 10.0. The Morgan fingerprint density at radius 3 is 1.83 bits per heavy atom. The third-order valence-corrected chi connectivity index (χ3v) is 6.02. The van der Waals surface area contributed by atoms with Crippen LogP contribution in [0, 0.1) is 0 Å². The van der Waals surface area contributed by atoms with Crippen LogP contribution in [0.25, 0.3) is 11.1 Å². The standard InChI is InChI=1S/C30H28N4O2/c35-22-27(25-14-8-3-9-15-25)30-32-28(20-23-10-4-1-5-11-23)31-29(33-30)26(24-12-6-2-7-13-24)21-34-16-18-36-19-17-34/h1-15,21-22,35H,16-20H2/b26-21+,27-22-. The summed E-state index contributed by atoms with van der Waals surface area (Å²) in [5, 5.41) is 10.2. The SMILES string of the molecule is O/C=C(/c1ccccc1)c1nc(Cc2ccccc2)nc(/C(=C/N2CCOCC2)c2ccccc2)n1. The van der Waals surface area contributed by atoms with E-state index in [2.05, 4.69) is 35.4 Å². The Kier molecular flexibility index (Phi) is 7.44. The molecule has 0 radical (unpaired) electrons. The molecule has 4 aromatic rings. The van der Waals surface area contributed by atoms with Crippen molar-refractivity contribution in [3.05, 3.63) is 138 Å². The van der Waals surface area contributed by atoms with Crippen molar-refractivity contribution < 1.29 is 9.84 Å². The average molecular weight is 477 g/mol. The molecule has 0 bridgehead atoms. The van der Waals surface area contributed by atoms with Gasteiger partial charge in [0.2, 0.25) is 0 Å². The molecule has 0 amide bonds. The van der Waals surface area contributed by atoms with Crippen molar-refractivity contribution in [1.29, 1.82) is 0 Å². The molecule has 0 spiro atoms. The molecule has 6 heteroatoms. The van der Waals surface area contributed by atoms with Crippen LogP contribution in [-0.4, -0.2) is 51.3 Å². The van der Waals surface area contributed by atoms with E-state index >= 15 is 0 Å². The van der Waals surface area contributed by atoms with E-state index in [4.69, 9.17) is 19.7 Å². The highest BCUT2D eigenvalue weighted by Gasteiger charge is 2.18. The summed E-state index contributed by atoms with van der Waals surface area (Å²) in [6.07, 6.45) is 3.75. The number of aromatic nitrogens is 3. The number of aliphatic hydroxyl groups excluding tert-OH is 1. The van der Waals surface area contributed by atoms with E-state index in [0.29, 0.717) is 42.7 Å². The molecule has 1 aromatic heterocycles. The van der Waals surface area contributed by atoms with Crippen LogP contribution in [0.3, 0.4) is 0 Å². The molecule has 1 N–H and O–H groups in total. The molecule has 180 valence electrons. The number of hydrogen-bond acceptors (Lipinski definition) is 6. The van der Waals surface area contributed by atoms with Crippen molar-refractivity contribution in [2.24, 2.45) is 0 Å². The highest BCUT2D eigenvalue weighted by atomic mass is 16.5. The second kappa shape index (κ2) is 11.4. The summed E-state index contributed by atoms with van der Waals surface area (Å²) in [4.78, 5) is 16.8. The Morgan fingerprint density at radius 1 is 0.722 bits per heavy atom. The van der Waals surface area contributed by atoms with E-state index in [1.165, 1.54) is 0 Å². The Balaban J connectivity index is 1.65. The topological polar surface area (TPSA) is 71.4 Å². The molecule has 0 saturated carbocycles. The molecule has 1 aliphatic rings. The first kappa shape index (κ1) is 23.5. The lowest BCUT2D eigenvalue weighted by Crippen LogP contribution is -2.32. The van der Waals surface area contributed by atoms with E-state index in [9.17, 15) is 5.11 Å². The van der Waals surface area contributed by atoms with Crippen LogP contribution in [0.15, 0.2) is 103 Å². The largest absolute Gasteiger partial charge is 0.515 e. The van der Waals surface area contributed by atoms with Crippen LogP contribution in [0.1, 0.15) is 34.2 Å². The van der Waals surface area contributed by atoms with Crippen molar-refractivity contribution in [1.82, 2.24) is 19.9 Å². The van der Waals surface area contributed by atoms with Gasteiger partial charge in [0.1, 0.15) is 5.82 Å². The Bertz CT molecular complexity index is 1330. The molecule has 0 atom stereocenters. The number of nitrogens with zero attached hydrogens (tertiary/aromatic N) is 4. The number of hydrogen-bond donors (Lipinski definition) is 1. The molecule has 2 heterocycles. The Morgan fingerprint density at radius 2 is 1.25 bits per heavy atom. The van der Waals surface area contributed by atoms with Gasteiger partial charge in [0, 0.05) is 31.3 Å². The molecular formula is C30H28N4O2. The van der Waals surface area contributed by atoms with Crippen LogP contribution in [0.4, 0.5) is 0 Å². The van der Waals surface area contributed by atoms with E-state index in [1.807, 2.05) is 66.7 Å². The maximum atomic E-state index is 10.2. The van der Waals surface area contributed by atoms with Gasteiger partial charge in [-0.2, -0.15) is 0 Å². The zero-order chi connectivity index (χ0) is 24.6. The van der Waals surface area contributed by atoms with Crippen LogP contribution < -0.4 is 0 Å². The first-order valence-electron chi connectivity index (χ1n) is 12.1. The molecule has 1 fully saturated rings. The van der Waals surface area contributed by atoms with Crippen molar-refractivity contribution in [3.8, 4) is 0 Å². The molecule has 6 nitrogen and oxygen atoms in total. The summed E-state index contributed by atoms with van der Waals surface area (Å²) in [6, 6.07) is 30.0. The minimum absolute atomic E-state index is 0.434. The number of benzene rings is 3. The fraction of sp³-hybridized carbons (Fsp3) is 0.167. The monoisotopic (exact) mass is 476 g/mol. The van der Waals surface area contributed by atoms with Crippen molar-refractivity contribution in [2.75, 3.05) is 26.3 Å². The predicted molar refractivity (Wildman–Crippen MR) is 141 cm³/mol. The van der Waals surface area contributed by atoms with Crippen LogP contribution in [-0.2, 0) is 11.2 Å². The summed E-state index contributed by atoms with van der Waals surface area (Å²) in [5.74, 6) is 1.64. The lowest BCUT2D eigenvalue weighted by Gasteiger charge is -2.26. The van der Waals surface area contributed by atoms with Gasteiger partial charge in [-0.05, 0) is 16.7 Å². The second-order valence-electron chi connectivity index (χ2n) is 8.53. The van der Waals surface area contributed by atoms with E-state index in [0.717, 1.165) is 41.6 Å². The van der Waals surface area contributed by atoms with Gasteiger partial charge in [-0.25, -0.2) is 15.0 Å². The molecule has 3 aromatic carbocycles. The van der Waals surface area contributed by atoms with Gasteiger partial charge in [0.15, 0.2) is 11.6 Å². The number of ether oxygens (including phenoxy) is 1. The van der Waals surface area contributed by atoms with Crippen LogP contribution in [0.2, 0.25) is 0 Å². The Hall–Kier alpha value is -4.29. The Labute approximate surface area is 211 Å². The third-order valence-electron chi connectivity index (χ3n) is 6.02. The molecule has 5 rings (SSSR count). The van der Waals surface area contributed by atoms with Gasteiger partial charge in [-0.3, -0.25) is 0 Å². The predicted octanol–water partition coefficient (Wildman–Crippen LogP) is 5.13. The number of morpholine rings is 1. The van der Waals surface area contributed by atoms with E-state index in [1.54, 1.807) is 0 Å². The van der Waals surface area contributed by atoms with Gasteiger partial charge in [0.25, 0.3) is 0 Å². The quantitative estimate of drug-likeness (QED) is 0.373.